The molecule has 1 heterocycles. The quantitative estimate of drug-likeness (QED) is 0.501. The predicted octanol–water partition coefficient (Wildman–Crippen LogP) is 5.40. The first kappa shape index (κ1) is 27.2. The van der Waals surface area contributed by atoms with Gasteiger partial charge >= 0.3 is 0 Å². The number of amides is 2. The van der Waals surface area contributed by atoms with Crippen LogP contribution in [0.3, 0.4) is 0 Å². The van der Waals surface area contributed by atoms with Gasteiger partial charge in [0.05, 0.1) is 19.3 Å². The Hall–Kier alpha value is -3.42. The first-order valence-electron chi connectivity index (χ1n) is 13.5. The first-order valence-corrected chi connectivity index (χ1v) is 13.8. The fourth-order valence-electron chi connectivity index (χ4n) is 5.90. The topological polar surface area (TPSA) is 75.9 Å². The molecule has 2 aromatic rings. The molecule has 1 aliphatic heterocycles. The lowest BCUT2D eigenvalue weighted by Gasteiger charge is -2.36. The smallest absolute Gasteiger partial charge is 0.255 e. The molecule has 5 rings (SSSR count). The predicted molar refractivity (Wildman–Crippen MR) is 149 cm³/mol. The van der Waals surface area contributed by atoms with Crippen LogP contribution in [0.5, 0.6) is 0 Å². The lowest BCUT2D eigenvalue weighted by atomic mass is 9.97. The van der Waals surface area contributed by atoms with Gasteiger partial charge in [-0.3, -0.25) is 9.59 Å². The molecule has 0 saturated carbocycles. The third-order valence-electron chi connectivity index (χ3n) is 7.83. The van der Waals surface area contributed by atoms with Gasteiger partial charge < -0.3 is 20.3 Å². The van der Waals surface area contributed by atoms with Gasteiger partial charge in [0, 0.05) is 29.4 Å². The second kappa shape index (κ2) is 11.8. The molecule has 2 amide bonds. The molecule has 0 bridgehead atoms. The highest BCUT2D eigenvalue weighted by atomic mass is 35.5. The van der Waals surface area contributed by atoms with Gasteiger partial charge in [0.15, 0.2) is 0 Å². The van der Waals surface area contributed by atoms with Gasteiger partial charge in [-0.25, -0.2) is 4.39 Å². The number of nitrogens with two attached hydrogens (primary N) is 1. The van der Waals surface area contributed by atoms with Crippen LogP contribution < -0.4 is 5.73 Å². The van der Waals surface area contributed by atoms with Crippen molar-refractivity contribution >= 4 is 23.4 Å². The Morgan fingerprint density at radius 1 is 1.18 bits per heavy atom. The van der Waals surface area contributed by atoms with Crippen molar-refractivity contribution < 1.29 is 18.7 Å². The zero-order valence-corrected chi connectivity index (χ0v) is 22.8. The first-order chi connectivity index (χ1) is 18.9. The standard InChI is InChI=1S/C31H33ClFN3O3/c1-2-20-8-9-22(10-12-27(20)35-14-16-39-17-15-35)31(38)36(29(30(34)37)21-6-4-3-5-7-21)28-13-11-24-25(28)18-23(32)19-26(24)33/h3-7,9-10,12,18-19,28-29H,2,8,11,13-17H2,1H3,(H2,34,37)/t28-,29-/m1/s1. The summed E-state index contributed by atoms with van der Waals surface area (Å²) >= 11 is 6.25. The number of morpholine rings is 1. The molecule has 39 heavy (non-hydrogen) atoms. The van der Waals surface area contributed by atoms with Crippen LogP contribution in [0.1, 0.15) is 55.0 Å². The number of benzene rings is 2. The van der Waals surface area contributed by atoms with Crippen LogP contribution in [-0.2, 0) is 20.7 Å². The maximum absolute atomic E-state index is 14.9. The zero-order chi connectivity index (χ0) is 27.5. The van der Waals surface area contributed by atoms with Gasteiger partial charge in [-0.1, -0.05) is 54.9 Å². The highest BCUT2D eigenvalue weighted by Gasteiger charge is 2.40. The van der Waals surface area contributed by atoms with E-state index in [0.717, 1.165) is 25.2 Å². The molecular weight excluding hydrogens is 517 g/mol. The molecule has 3 aliphatic rings. The van der Waals surface area contributed by atoms with Crippen LogP contribution in [0, 0.1) is 5.82 Å². The summed E-state index contributed by atoms with van der Waals surface area (Å²) < 4.78 is 20.4. The van der Waals surface area contributed by atoms with E-state index in [-0.39, 0.29) is 10.9 Å². The van der Waals surface area contributed by atoms with Gasteiger partial charge in [0.25, 0.3) is 5.91 Å². The Kier molecular flexibility index (Phi) is 8.19. The molecule has 8 heteroatoms. The van der Waals surface area contributed by atoms with Gasteiger partial charge in [0.1, 0.15) is 11.9 Å². The van der Waals surface area contributed by atoms with Crippen LogP contribution in [0.2, 0.25) is 5.02 Å². The number of hydrogen-bond donors (Lipinski definition) is 1. The maximum Gasteiger partial charge on any atom is 0.255 e. The summed E-state index contributed by atoms with van der Waals surface area (Å²) in [5.41, 5.74) is 10.5. The van der Waals surface area contributed by atoms with Crippen molar-refractivity contribution in [2.75, 3.05) is 26.3 Å². The number of fused-ring (bicyclic) bond motifs is 1. The molecule has 1 saturated heterocycles. The van der Waals surface area contributed by atoms with Crippen molar-refractivity contribution in [3.63, 3.8) is 0 Å². The molecular formula is C31H33ClFN3O3. The molecule has 2 atom stereocenters. The van der Waals surface area contributed by atoms with Crippen molar-refractivity contribution in [1.82, 2.24) is 9.80 Å². The third kappa shape index (κ3) is 5.52. The summed E-state index contributed by atoms with van der Waals surface area (Å²) in [6.07, 6.45) is 8.11. The molecule has 0 spiro atoms. The lowest BCUT2D eigenvalue weighted by Crippen LogP contribution is -2.44. The summed E-state index contributed by atoms with van der Waals surface area (Å²) in [7, 11) is 0. The Balaban J connectivity index is 1.56. The molecule has 2 aromatic carbocycles. The third-order valence-corrected chi connectivity index (χ3v) is 8.05. The SMILES string of the molecule is CCC1=C(N2CCOCC2)C=CC(C(=O)N([C@@H]2CCc3c(F)cc(Cl)cc32)[C@@H](C(N)=O)c2ccccc2)=CC1. The Morgan fingerprint density at radius 3 is 2.62 bits per heavy atom. The monoisotopic (exact) mass is 549 g/mol. The average Bonchev–Trinajstić information content (AvgIpc) is 3.23. The lowest BCUT2D eigenvalue weighted by molar-refractivity contribution is -0.139. The molecule has 2 N–H and O–H groups in total. The van der Waals surface area contributed by atoms with Crippen molar-refractivity contribution in [3.05, 3.63) is 105 Å². The van der Waals surface area contributed by atoms with Crippen molar-refractivity contribution in [2.45, 2.75) is 44.7 Å². The van der Waals surface area contributed by atoms with E-state index >= 15 is 0 Å². The molecule has 0 aromatic heterocycles. The van der Waals surface area contributed by atoms with Crippen molar-refractivity contribution in [3.8, 4) is 0 Å². The maximum atomic E-state index is 14.9. The number of nitrogens with zero attached hydrogens (tertiary/aromatic N) is 2. The molecule has 6 nitrogen and oxygen atoms in total. The van der Waals surface area contributed by atoms with Crippen molar-refractivity contribution in [1.29, 1.82) is 0 Å². The number of halogens is 2. The highest BCUT2D eigenvalue weighted by molar-refractivity contribution is 6.30. The Labute approximate surface area is 233 Å². The second-order valence-corrected chi connectivity index (χ2v) is 10.5. The van der Waals surface area contributed by atoms with Gasteiger partial charge in [0.2, 0.25) is 5.91 Å². The highest BCUT2D eigenvalue weighted by Crippen LogP contribution is 2.43. The van der Waals surface area contributed by atoms with Crippen LogP contribution in [0.25, 0.3) is 0 Å². The zero-order valence-electron chi connectivity index (χ0n) is 22.0. The van der Waals surface area contributed by atoms with E-state index in [1.807, 2.05) is 36.4 Å². The number of carbonyl (C=O) groups excluding carboxylic acids is 2. The van der Waals surface area contributed by atoms with E-state index in [1.165, 1.54) is 11.6 Å². The normalized spacial score (nSPS) is 19.8. The molecule has 2 aliphatic carbocycles. The van der Waals surface area contributed by atoms with E-state index in [0.29, 0.717) is 54.7 Å². The van der Waals surface area contributed by atoms with Crippen LogP contribution >= 0.6 is 11.6 Å². The van der Waals surface area contributed by atoms with Crippen molar-refractivity contribution in [2.24, 2.45) is 5.73 Å². The summed E-state index contributed by atoms with van der Waals surface area (Å²) in [4.78, 5) is 31.3. The average molecular weight is 550 g/mol. The molecule has 204 valence electrons. The number of allylic oxidation sites excluding steroid dienone is 3. The van der Waals surface area contributed by atoms with Gasteiger partial charge in [-0.15, -0.1) is 0 Å². The van der Waals surface area contributed by atoms with Gasteiger partial charge in [-0.2, -0.15) is 0 Å². The fourth-order valence-corrected chi connectivity index (χ4v) is 6.12. The van der Waals surface area contributed by atoms with Crippen LogP contribution in [-0.4, -0.2) is 47.9 Å². The Bertz CT molecular complexity index is 1350. The Morgan fingerprint density at radius 2 is 1.92 bits per heavy atom. The minimum atomic E-state index is -1.04. The summed E-state index contributed by atoms with van der Waals surface area (Å²) in [5, 5.41) is 0.251. The molecule has 1 fully saturated rings. The fraction of sp³-hybridized carbons (Fsp3) is 0.355. The van der Waals surface area contributed by atoms with E-state index in [4.69, 9.17) is 22.1 Å². The minimum Gasteiger partial charge on any atom is -0.378 e. The summed E-state index contributed by atoms with van der Waals surface area (Å²) in [5.74, 6) is -1.37. The van der Waals surface area contributed by atoms with Crippen LogP contribution in [0.4, 0.5) is 4.39 Å². The molecule has 0 radical (unpaired) electrons. The summed E-state index contributed by atoms with van der Waals surface area (Å²) in [6, 6.07) is 10.4. The number of ether oxygens (including phenoxy) is 1. The van der Waals surface area contributed by atoms with Gasteiger partial charge in [-0.05, 0) is 72.2 Å². The number of carbonyl (C=O) groups is 2. The number of rotatable bonds is 7. The second-order valence-electron chi connectivity index (χ2n) is 10.1. The van der Waals surface area contributed by atoms with Crippen LogP contribution in [0.15, 0.2) is 77.5 Å². The van der Waals surface area contributed by atoms with E-state index in [2.05, 4.69) is 11.8 Å². The summed E-state index contributed by atoms with van der Waals surface area (Å²) in [6.45, 7) is 5.03. The van der Waals surface area contributed by atoms with E-state index < -0.39 is 23.8 Å². The molecule has 0 unspecified atom stereocenters. The van der Waals surface area contributed by atoms with E-state index in [9.17, 15) is 14.0 Å². The largest absolute Gasteiger partial charge is 0.378 e. The number of hydrogen-bond acceptors (Lipinski definition) is 4. The van der Waals surface area contributed by atoms with E-state index in [1.54, 1.807) is 23.1 Å². The number of primary amides is 1. The minimum absolute atomic E-state index is 0.251.